The zero-order valence-corrected chi connectivity index (χ0v) is 10.4. The van der Waals surface area contributed by atoms with Gasteiger partial charge in [-0.3, -0.25) is 0 Å². The molecule has 2 rings (SSSR count). The van der Waals surface area contributed by atoms with Crippen LogP contribution in [0.4, 0.5) is 8.78 Å². The van der Waals surface area contributed by atoms with Crippen LogP contribution in [0.3, 0.4) is 0 Å². The minimum Gasteiger partial charge on any atom is -0.309 e. The van der Waals surface area contributed by atoms with Gasteiger partial charge in [-0.2, -0.15) is 0 Å². The lowest BCUT2D eigenvalue weighted by molar-refractivity contribution is 0.558. The highest BCUT2D eigenvalue weighted by Gasteiger charge is 2.16. The van der Waals surface area contributed by atoms with Crippen LogP contribution in [0.2, 0.25) is 0 Å². The van der Waals surface area contributed by atoms with Gasteiger partial charge in [0, 0.05) is 5.56 Å². The predicted octanol–water partition coefficient (Wildman–Crippen LogP) is 3.58. The van der Waals surface area contributed by atoms with Crippen LogP contribution < -0.4 is 5.32 Å². The van der Waals surface area contributed by atoms with Gasteiger partial charge in [0.2, 0.25) is 0 Å². The van der Waals surface area contributed by atoms with Crippen LogP contribution in [0.5, 0.6) is 0 Å². The zero-order chi connectivity index (χ0) is 13.1. The van der Waals surface area contributed by atoms with Crippen molar-refractivity contribution in [1.82, 2.24) is 5.32 Å². The molecule has 0 radical (unpaired) electrons. The van der Waals surface area contributed by atoms with Crippen LogP contribution in [0, 0.1) is 18.6 Å². The number of nitrogens with one attached hydrogen (secondary N) is 1. The number of rotatable bonds is 3. The lowest BCUT2D eigenvalue weighted by Crippen LogP contribution is -2.19. The average Bonchev–Trinajstić information content (AvgIpc) is 2.37. The van der Waals surface area contributed by atoms with Gasteiger partial charge in [-0.05, 0) is 37.7 Å². The summed E-state index contributed by atoms with van der Waals surface area (Å²) < 4.78 is 27.0. The van der Waals surface area contributed by atoms with Crippen LogP contribution >= 0.6 is 0 Å². The molecular formula is C15H15F2N. The SMILES string of the molecule is CNC(c1ccc(C)cc1)c1cc(F)ccc1F. The van der Waals surface area contributed by atoms with Crippen LogP contribution in [0.1, 0.15) is 22.7 Å². The summed E-state index contributed by atoms with van der Waals surface area (Å²) in [5.41, 5.74) is 2.36. The smallest absolute Gasteiger partial charge is 0.128 e. The van der Waals surface area contributed by atoms with E-state index in [0.29, 0.717) is 5.56 Å². The van der Waals surface area contributed by atoms with E-state index in [1.807, 2.05) is 31.2 Å². The van der Waals surface area contributed by atoms with Gasteiger partial charge in [-0.25, -0.2) is 8.78 Å². The van der Waals surface area contributed by atoms with Gasteiger partial charge in [-0.1, -0.05) is 29.8 Å². The third kappa shape index (κ3) is 2.57. The Morgan fingerprint density at radius 2 is 1.67 bits per heavy atom. The highest BCUT2D eigenvalue weighted by Crippen LogP contribution is 2.25. The van der Waals surface area contributed by atoms with Crippen molar-refractivity contribution in [1.29, 1.82) is 0 Å². The molecule has 1 nitrogen and oxygen atoms in total. The van der Waals surface area contributed by atoms with E-state index in [-0.39, 0.29) is 6.04 Å². The lowest BCUT2D eigenvalue weighted by atomic mass is 9.97. The number of halogens is 2. The Morgan fingerprint density at radius 3 is 2.28 bits per heavy atom. The molecule has 1 N–H and O–H groups in total. The first kappa shape index (κ1) is 12.7. The molecule has 0 bridgehead atoms. The highest BCUT2D eigenvalue weighted by atomic mass is 19.1. The second-order valence-electron chi connectivity index (χ2n) is 4.30. The molecule has 0 aliphatic carbocycles. The summed E-state index contributed by atoms with van der Waals surface area (Å²) in [6.45, 7) is 1.99. The zero-order valence-electron chi connectivity index (χ0n) is 10.4. The maximum Gasteiger partial charge on any atom is 0.128 e. The maximum absolute atomic E-state index is 13.8. The summed E-state index contributed by atoms with van der Waals surface area (Å²) in [5.74, 6) is -0.838. The number of hydrogen-bond acceptors (Lipinski definition) is 1. The quantitative estimate of drug-likeness (QED) is 0.874. The number of benzene rings is 2. The molecule has 2 aromatic rings. The van der Waals surface area contributed by atoms with Gasteiger partial charge in [0.1, 0.15) is 11.6 Å². The van der Waals surface area contributed by atoms with Crippen molar-refractivity contribution >= 4 is 0 Å². The van der Waals surface area contributed by atoms with Crippen LogP contribution in [-0.4, -0.2) is 7.05 Å². The lowest BCUT2D eigenvalue weighted by Gasteiger charge is -2.18. The minimum atomic E-state index is -0.432. The molecule has 1 unspecified atom stereocenters. The topological polar surface area (TPSA) is 12.0 Å². The summed E-state index contributed by atoms with van der Waals surface area (Å²) >= 11 is 0. The van der Waals surface area contributed by atoms with Crippen LogP contribution in [-0.2, 0) is 0 Å². The second kappa shape index (κ2) is 5.27. The highest BCUT2D eigenvalue weighted by molar-refractivity contribution is 5.34. The third-order valence-corrected chi connectivity index (χ3v) is 2.97. The van der Waals surface area contributed by atoms with Crippen LogP contribution in [0.15, 0.2) is 42.5 Å². The normalized spacial score (nSPS) is 12.4. The largest absolute Gasteiger partial charge is 0.309 e. The van der Waals surface area contributed by atoms with Crippen molar-refractivity contribution < 1.29 is 8.78 Å². The van der Waals surface area contributed by atoms with E-state index >= 15 is 0 Å². The predicted molar refractivity (Wildman–Crippen MR) is 68.4 cm³/mol. The first-order valence-electron chi connectivity index (χ1n) is 5.80. The first-order chi connectivity index (χ1) is 8.61. The van der Waals surface area contributed by atoms with Crippen molar-refractivity contribution in [3.63, 3.8) is 0 Å². The first-order valence-corrected chi connectivity index (χ1v) is 5.80. The Labute approximate surface area is 105 Å². The Balaban J connectivity index is 2.44. The summed E-state index contributed by atoms with van der Waals surface area (Å²) in [7, 11) is 1.73. The molecule has 2 aromatic carbocycles. The van der Waals surface area contributed by atoms with E-state index in [9.17, 15) is 8.78 Å². The van der Waals surface area contributed by atoms with Crippen molar-refractivity contribution in [2.24, 2.45) is 0 Å². The van der Waals surface area contributed by atoms with E-state index in [2.05, 4.69) is 5.32 Å². The van der Waals surface area contributed by atoms with Gasteiger partial charge in [0.15, 0.2) is 0 Å². The summed E-state index contributed by atoms with van der Waals surface area (Å²) in [6.07, 6.45) is 0. The fourth-order valence-corrected chi connectivity index (χ4v) is 2.00. The molecule has 3 heteroatoms. The van der Waals surface area contributed by atoms with Gasteiger partial charge >= 0.3 is 0 Å². The summed E-state index contributed by atoms with van der Waals surface area (Å²) in [4.78, 5) is 0. The molecule has 0 amide bonds. The average molecular weight is 247 g/mol. The van der Waals surface area contributed by atoms with E-state index in [4.69, 9.17) is 0 Å². The van der Waals surface area contributed by atoms with Gasteiger partial charge in [0.05, 0.1) is 6.04 Å². The van der Waals surface area contributed by atoms with E-state index < -0.39 is 11.6 Å². The summed E-state index contributed by atoms with van der Waals surface area (Å²) in [5, 5.41) is 3.02. The van der Waals surface area contributed by atoms with E-state index in [1.54, 1.807) is 7.05 Å². The van der Waals surface area contributed by atoms with Crippen molar-refractivity contribution in [2.45, 2.75) is 13.0 Å². The molecule has 0 saturated heterocycles. The monoisotopic (exact) mass is 247 g/mol. The fraction of sp³-hybridized carbons (Fsp3) is 0.200. The second-order valence-corrected chi connectivity index (χ2v) is 4.30. The van der Waals surface area contributed by atoms with Crippen LogP contribution in [0.25, 0.3) is 0 Å². The molecule has 94 valence electrons. The molecule has 0 aromatic heterocycles. The maximum atomic E-state index is 13.8. The van der Waals surface area contributed by atoms with Gasteiger partial charge in [-0.15, -0.1) is 0 Å². The molecular weight excluding hydrogens is 232 g/mol. The van der Waals surface area contributed by atoms with Gasteiger partial charge in [0.25, 0.3) is 0 Å². The minimum absolute atomic E-state index is 0.321. The van der Waals surface area contributed by atoms with Crippen molar-refractivity contribution in [2.75, 3.05) is 7.05 Å². The molecule has 18 heavy (non-hydrogen) atoms. The molecule has 0 aliphatic heterocycles. The standard InChI is InChI=1S/C15H15F2N/c1-10-3-5-11(6-4-10)15(18-2)13-9-12(16)7-8-14(13)17/h3-9,15,18H,1-2H3. The van der Waals surface area contributed by atoms with E-state index in [0.717, 1.165) is 23.3 Å². The van der Waals surface area contributed by atoms with Crippen molar-refractivity contribution in [3.8, 4) is 0 Å². The molecule has 1 atom stereocenters. The van der Waals surface area contributed by atoms with Crippen molar-refractivity contribution in [3.05, 3.63) is 70.8 Å². The molecule has 0 heterocycles. The number of hydrogen-bond donors (Lipinski definition) is 1. The molecule has 0 aliphatic rings. The van der Waals surface area contributed by atoms with E-state index in [1.165, 1.54) is 6.07 Å². The fourth-order valence-electron chi connectivity index (χ4n) is 2.00. The molecule has 0 saturated carbocycles. The Hall–Kier alpha value is -1.74. The molecule has 0 fully saturated rings. The van der Waals surface area contributed by atoms with Gasteiger partial charge < -0.3 is 5.32 Å². The Kier molecular flexibility index (Phi) is 3.72. The Morgan fingerprint density at radius 1 is 1.00 bits per heavy atom. The number of aryl methyl sites for hydroxylation is 1. The Bertz CT molecular complexity index is 535. The molecule has 0 spiro atoms. The summed E-state index contributed by atoms with van der Waals surface area (Å²) in [6, 6.07) is 10.9. The third-order valence-electron chi connectivity index (χ3n) is 2.97.